The van der Waals surface area contributed by atoms with Crippen LogP contribution in [0.4, 0.5) is 0 Å². The second-order valence-electron chi connectivity index (χ2n) is 6.01. The fourth-order valence-corrected chi connectivity index (χ4v) is 3.12. The van der Waals surface area contributed by atoms with Crippen molar-refractivity contribution in [3.63, 3.8) is 0 Å². The van der Waals surface area contributed by atoms with E-state index >= 15 is 0 Å². The van der Waals surface area contributed by atoms with Crippen LogP contribution < -0.4 is 14.2 Å². The molecule has 0 atom stereocenters. The van der Waals surface area contributed by atoms with Crippen LogP contribution >= 0.6 is 0 Å². The number of carboxylic acids is 1. The lowest BCUT2D eigenvalue weighted by Crippen LogP contribution is -2.37. The number of rotatable bonds is 8. The van der Waals surface area contributed by atoms with Gasteiger partial charge in [0.25, 0.3) is 0 Å². The zero-order chi connectivity index (χ0) is 18.4. The predicted octanol–water partition coefficient (Wildman–Crippen LogP) is 2.08. The number of carbonyl (C=O) groups is 2. The summed E-state index contributed by atoms with van der Waals surface area (Å²) in [6, 6.07) is 3.37. The molecule has 1 aromatic carbocycles. The molecule has 2 rings (SSSR count). The molecule has 0 unspecified atom stereocenters. The lowest BCUT2D eigenvalue weighted by Gasteiger charge is -2.29. The van der Waals surface area contributed by atoms with Crippen LogP contribution in [0.3, 0.4) is 0 Å². The van der Waals surface area contributed by atoms with Crippen molar-refractivity contribution < 1.29 is 28.9 Å². The average molecular weight is 351 g/mol. The van der Waals surface area contributed by atoms with E-state index in [1.807, 2.05) is 0 Å². The fourth-order valence-electron chi connectivity index (χ4n) is 3.12. The Morgan fingerprint density at radius 3 is 2.24 bits per heavy atom. The number of hydrogen-bond acceptors (Lipinski definition) is 6. The molecule has 0 amide bonds. The van der Waals surface area contributed by atoms with Gasteiger partial charge in [-0.05, 0) is 38.1 Å². The zero-order valence-electron chi connectivity index (χ0n) is 14.9. The van der Waals surface area contributed by atoms with E-state index in [9.17, 15) is 9.59 Å². The van der Waals surface area contributed by atoms with Gasteiger partial charge in [0.1, 0.15) is 0 Å². The minimum Gasteiger partial charge on any atom is -0.493 e. The monoisotopic (exact) mass is 351 g/mol. The van der Waals surface area contributed by atoms with Crippen molar-refractivity contribution in [1.82, 2.24) is 4.90 Å². The molecule has 0 aliphatic carbocycles. The van der Waals surface area contributed by atoms with E-state index in [1.165, 1.54) is 21.3 Å². The molecule has 25 heavy (non-hydrogen) atoms. The quantitative estimate of drug-likeness (QED) is 0.718. The standard InChI is InChI=1S/C18H25NO6/c1-23-15-5-4-13(16(24-2)17(15)25-3)14(20)8-11-19-9-6-12(7-10-19)18(21)22/h4-5,12H,6-11H2,1-3H3,(H,21,22). The SMILES string of the molecule is COc1ccc(C(=O)CCN2CCC(C(=O)O)CC2)c(OC)c1OC. The Labute approximate surface area is 147 Å². The molecule has 0 bridgehead atoms. The molecule has 1 fully saturated rings. The third-order valence-electron chi connectivity index (χ3n) is 4.60. The normalized spacial score (nSPS) is 15.6. The molecule has 1 N–H and O–H groups in total. The van der Waals surface area contributed by atoms with E-state index in [4.69, 9.17) is 19.3 Å². The van der Waals surface area contributed by atoms with Crippen molar-refractivity contribution in [1.29, 1.82) is 0 Å². The highest BCUT2D eigenvalue weighted by Crippen LogP contribution is 2.40. The molecule has 1 heterocycles. The van der Waals surface area contributed by atoms with E-state index in [1.54, 1.807) is 12.1 Å². The van der Waals surface area contributed by atoms with Crippen molar-refractivity contribution in [3.05, 3.63) is 17.7 Å². The number of hydrogen-bond donors (Lipinski definition) is 1. The minimum atomic E-state index is -0.731. The molecule has 138 valence electrons. The van der Waals surface area contributed by atoms with E-state index in [-0.39, 0.29) is 11.7 Å². The number of carboxylic acid groups (broad SMARTS) is 1. The second kappa shape index (κ2) is 8.71. The maximum Gasteiger partial charge on any atom is 0.306 e. The molecular weight excluding hydrogens is 326 g/mol. The first-order chi connectivity index (χ1) is 12.0. The van der Waals surface area contributed by atoms with E-state index in [0.717, 1.165) is 0 Å². The third kappa shape index (κ3) is 4.42. The van der Waals surface area contributed by atoms with Crippen molar-refractivity contribution >= 4 is 11.8 Å². The van der Waals surface area contributed by atoms with Crippen LogP contribution in [0, 0.1) is 5.92 Å². The Hall–Kier alpha value is -2.28. The fraction of sp³-hybridized carbons (Fsp3) is 0.556. The van der Waals surface area contributed by atoms with Gasteiger partial charge in [-0.1, -0.05) is 0 Å². The Morgan fingerprint density at radius 2 is 1.72 bits per heavy atom. The lowest BCUT2D eigenvalue weighted by atomic mass is 9.96. The van der Waals surface area contributed by atoms with Crippen LogP contribution in [0.2, 0.25) is 0 Å². The molecule has 1 aliphatic heterocycles. The first-order valence-corrected chi connectivity index (χ1v) is 8.29. The first-order valence-electron chi connectivity index (χ1n) is 8.29. The number of ketones is 1. The van der Waals surface area contributed by atoms with E-state index in [0.29, 0.717) is 61.7 Å². The number of benzene rings is 1. The minimum absolute atomic E-state index is 0.0434. The van der Waals surface area contributed by atoms with Gasteiger partial charge in [-0.25, -0.2) is 0 Å². The summed E-state index contributed by atoms with van der Waals surface area (Å²) in [5.74, 6) is 0.239. The molecule has 0 radical (unpaired) electrons. The molecule has 1 saturated heterocycles. The summed E-state index contributed by atoms with van der Waals surface area (Å²) in [7, 11) is 4.52. The smallest absolute Gasteiger partial charge is 0.306 e. The number of ether oxygens (including phenoxy) is 3. The average Bonchev–Trinajstić information content (AvgIpc) is 2.64. The Morgan fingerprint density at radius 1 is 1.08 bits per heavy atom. The third-order valence-corrected chi connectivity index (χ3v) is 4.60. The topological polar surface area (TPSA) is 85.3 Å². The summed E-state index contributed by atoms with van der Waals surface area (Å²) in [5.41, 5.74) is 0.459. The maximum absolute atomic E-state index is 12.6. The largest absolute Gasteiger partial charge is 0.493 e. The Kier molecular flexibility index (Phi) is 6.64. The molecule has 1 aliphatic rings. The highest BCUT2D eigenvalue weighted by molar-refractivity contribution is 6.00. The summed E-state index contributed by atoms with van der Waals surface area (Å²) in [6.45, 7) is 2.00. The number of methoxy groups -OCH3 is 3. The molecule has 0 aromatic heterocycles. The Bertz CT molecular complexity index is 622. The number of likely N-dealkylation sites (tertiary alicyclic amines) is 1. The van der Waals surface area contributed by atoms with Gasteiger partial charge in [0.15, 0.2) is 17.3 Å². The molecule has 0 spiro atoms. The number of aliphatic carboxylic acids is 1. The highest BCUT2D eigenvalue weighted by atomic mass is 16.5. The summed E-state index contributed by atoms with van der Waals surface area (Å²) in [4.78, 5) is 25.7. The van der Waals surface area contributed by atoms with Crippen LogP contribution in [0.15, 0.2) is 12.1 Å². The molecule has 0 saturated carbocycles. The summed E-state index contributed by atoms with van der Waals surface area (Å²) >= 11 is 0. The predicted molar refractivity (Wildman–Crippen MR) is 91.8 cm³/mol. The maximum atomic E-state index is 12.6. The lowest BCUT2D eigenvalue weighted by molar-refractivity contribution is -0.143. The summed E-state index contributed by atoms with van der Waals surface area (Å²) in [5, 5.41) is 9.03. The van der Waals surface area contributed by atoms with Crippen LogP contribution in [0.1, 0.15) is 29.6 Å². The van der Waals surface area contributed by atoms with Gasteiger partial charge in [-0.15, -0.1) is 0 Å². The van der Waals surface area contributed by atoms with Crippen LogP contribution in [-0.4, -0.2) is 62.7 Å². The van der Waals surface area contributed by atoms with Crippen molar-refractivity contribution in [2.45, 2.75) is 19.3 Å². The van der Waals surface area contributed by atoms with E-state index in [2.05, 4.69) is 4.90 Å². The number of Topliss-reactive ketones (excluding diaryl/α,β-unsaturated/α-hetero) is 1. The van der Waals surface area contributed by atoms with Crippen LogP contribution in [0.25, 0.3) is 0 Å². The number of nitrogens with zero attached hydrogens (tertiary/aromatic N) is 1. The van der Waals surface area contributed by atoms with Crippen LogP contribution in [-0.2, 0) is 4.79 Å². The van der Waals surface area contributed by atoms with Gasteiger partial charge >= 0.3 is 5.97 Å². The van der Waals surface area contributed by atoms with E-state index < -0.39 is 5.97 Å². The van der Waals surface area contributed by atoms with Gasteiger partial charge in [-0.3, -0.25) is 9.59 Å². The summed E-state index contributed by atoms with van der Waals surface area (Å²) < 4.78 is 15.9. The summed E-state index contributed by atoms with van der Waals surface area (Å²) in [6.07, 6.45) is 1.59. The molecule has 1 aromatic rings. The van der Waals surface area contributed by atoms with Gasteiger partial charge in [0.2, 0.25) is 5.75 Å². The molecular formula is C18H25NO6. The van der Waals surface area contributed by atoms with Gasteiger partial charge in [-0.2, -0.15) is 0 Å². The van der Waals surface area contributed by atoms with Crippen molar-refractivity contribution in [2.75, 3.05) is 41.0 Å². The first kappa shape index (κ1) is 19.1. The molecule has 7 nitrogen and oxygen atoms in total. The van der Waals surface area contributed by atoms with Crippen molar-refractivity contribution in [2.24, 2.45) is 5.92 Å². The highest BCUT2D eigenvalue weighted by Gasteiger charge is 2.25. The van der Waals surface area contributed by atoms with Gasteiger partial charge in [0, 0.05) is 13.0 Å². The van der Waals surface area contributed by atoms with Gasteiger partial charge in [0.05, 0.1) is 32.8 Å². The number of carbonyl (C=O) groups excluding carboxylic acids is 1. The molecule has 7 heteroatoms. The second-order valence-corrected chi connectivity index (χ2v) is 6.01. The van der Waals surface area contributed by atoms with Crippen molar-refractivity contribution in [3.8, 4) is 17.2 Å². The number of piperidine rings is 1. The zero-order valence-corrected chi connectivity index (χ0v) is 14.9. The van der Waals surface area contributed by atoms with Crippen LogP contribution in [0.5, 0.6) is 17.2 Å². The Balaban J connectivity index is 2.01. The van der Waals surface area contributed by atoms with Gasteiger partial charge < -0.3 is 24.2 Å².